The van der Waals surface area contributed by atoms with Crippen molar-refractivity contribution in [2.75, 3.05) is 0 Å². The van der Waals surface area contributed by atoms with Gasteiger partial charge in [0, 0.05) is 12.3 Å². The lowest BCUT2D eigenvalue weighted by molar-refractivity contribution is -0.137. The molecule has 2 aliphatic heterocycles. The van der Waals surface area contributed by atoms with E-state index in [4.69, 9.17) is 9.84 Å². The summed E-state index contributed by atoms with van der Waals surface area (Å²) >= 11 is 0. The first-order chi connectivity index (χ1) is 13.9. The number of ketones is 1. The van der Waals surface area contributed by atoms with Gasteiger partial charge in [-0.15, -0.1) is 0 Å². The van der Waals surface area contributed by atoms with Crippen LogP contribution in [0.4, 0.5) is 0 Å². The van der Waals surface area contributed by atoms with Crippen LogP contribution in [0.1, 0.15) is 57.9 Å². The smallest absolute Gasteiger partial charge is 0.303 e. The molecule has 2 fully saturated rings. The molecule has 0 unspecified atom stereocenters. The average Bonchev–Trinajstić information content (AvgIpc) is 3.31. The third kappa shape index (κ3) is 5.24. The third-order valence-corrected chi connectivity index (χ3v) is 6.40. The van der Waals surface area contributed by atoms with E-state index in [2.05, 4.69) is 18.2 Å². The number of unbranched alkanes of at least 4 members (excludes halogenated alkanes) is 1. The predicted molar refractivity (Wildman–Crippen MR) is 114 cm³/mol. The molecular formula is C25H32O4. The van der Waals surface area contributed by atoms with Crippen molar-refractivity contribution in [1.82, 2.24) is 0 Å². The molecule has 0 amide bonds. The van der Waals surface area contributed by atoms with Crippen molar-refractivity contribution in [3.05, 3.63) is 60.2 Å². The van der Waals surface area contributed by atoms with Crippen molar-refractivity contribution in [3.63, 3.8) is 0 Å². The monoisotopic (exact) mass is 396 g/mol. The van der Waals surface area contributed by atoms with Gasteiger partial charge in [0.25, 0.3) is 0 Å². The van der Waals surface area contributed by atoms with Crippen LogP contribution < -0.4 is 0 Å². The Morgan fingerprint density at radius 3 is 2.59 bits per heavy atom. The van der Waals surface area contributed by atoms with E-state index in [1.165, 1.54) is 0 Å². The van der Waals surface area contributed by atoms with Crippen LogP contribution in [0.25, 0.3) is 0 Å². The average molecular weight is 397 g/mol. The second-order valence-electron chi connectivity index (χ2n) is 8.74. The molecule has 4 atom stereocenters. The van der Waals surface area contributed by atoms with Crippen LogP contribution in [0.5, 0.6) is 0 Å². The number of rotatable bonds is 10. The molecule has 0 spiro atoms. The molecule has 29 heavy (non-hydrogen) atoms. The molecule has 2 bridgehead atoms. The summed E-state index contributed by atoms with van der Waals surface area (Å²) in [7, 11) is 0. The number of fused-ring (bicyclic) bond motifs is 2. The van der Waals surface area contributed by atoms with Crippen molar-refractivity contribution in [1.29, 1.82) is 0 Å². The fraction of sp³-hybridized carbons (Fsp3) is 0.520. The normalized spacial score (nSPS) is 26.6. The second kappa shape index (κ2) is 9.53. The van der Waals surface area contributed by atoms with Crippen LogP contribution in [0, 0.1) is 11.8 Å². The number of hydrogen-bond acceptors (Lipinski definition) is 3. The molecule has 0 aromatic heterocycles. The molecule has 4 nitrogen and oxygen atoms in total. The SMILES string of the molecule is CC(C)(C(=O)C=C[C@H]1[C@@H](CC=CCCCC(=O)O)[C@H]2CC[C@@H]1O2)c1ccccc1. The molecule has 3 rings (SSSR count). The molecule has 1 aromatic carbocycles. The highest BCUT2D eigenvalue weighted by molar-refractivity contribution is 5.98. The summed E-state index contributed by atoms with van der Waals surface area (Å²) in [5.74, 6) is 0.0453. The number of carboxylic acids is 1. The van der Waals surface area contributed by atoms with Gasteiger partial charge < -0.3 is 9.84 Å². The summed E-state index contributed by atoms with van der Waals surface area (Å²) in [6.45, 7) is 3.95. The minimum atomic E-state index is -0.742. The standard InChI is InChI=1S/C25H32O4/c1-25(2,18-10-6-5-7-11-18)23(26)17-14-20-19(21-15-16-22(20)29-21)12-8-3-4-9-13-24(27)28/h3,5-8,10-11,14,17,19-22H,4,9,12-13,15-16H2,1-2H3,(H,27,28)/t19-,20+,21-,22+/m1/s1. The van der Waals surface area contributed by atoms with Gasteiger partial charge in [-0.05, 0) is 63.5 Å². The maximum absolute atomic E-state index is 12.9. The Bertz CT molecular complexity index is 762. The summed E-state index contributed by atoms with van der Waals surface area (Å²) in [6, 6.07) is 9.91. The number of carboxylic acid groups (broad SMARTS) is 1. The highest BCUT2D eigenvalue weighted by Gasteiger charge is 2.47. The minimum absolute atomic E-state index is 0.120. The Hall–Kier alpha value is -2.20. The maximum atomic E-state index is 12.9. The fourth-order valence-electron chi connectivity index (χ4n) is 4.53. The Morgan fingerprint density at radius 2 is 1.86 bits per heavy atom. The molecule has 4 heteroatoms. The molecule has 1 N–H and O–H groups in total. The van der Waals surface area contributed by atoms with Crippen LogP contribution in [-0.4, -0.2) is 29.1 Å². The number of allylic oxidation sites excluding steroid dienone is 3. The van der Waals surface area contributed by atoms with Gasteiger partial charge in [0.1, 0.15) is 0 Å². The van der Waals surface area contributed by atoms with Gasteiger partial charge >= 0.3 is 5.97 Å². The van der Waals surface area contributed by atoms with Crippen LogP contribution in [0.3, 0.4) is 0 Å². The van der Waals surface area contributed by atoms with Gasteiger partial charge in [0.15, 0.2) is 5.78 Å². The topological polar surface area (TPSA) is 63.6 Å². The lowest BCUT2D eigenvalue weighted by Gasteiger charge is -2.26. The number of ether oxygens (including phenoxy) is 1. The highest BCUT2D eigenvalue weighted by Crippen LogP contribution is 2.46. The maximum Gasteiger partial charge on any atom is 0.303 e. The summed E-state index contributed by atoms with van der Waals surface area (Å²) in [6.07, 6.45) is 13.3. The highest BCUT2D eigenvalue weighted by atomic mass is 16.5. The van der Waals surface area contributed by atoms with Crippen molar-refractivity contribution in [2.24, 2.45) is 11.8 Å². The lowest BCUT2D eigenvalue weighted by Crippen LogP contribution is -2.29. The van der Waals surface area contributed by atoms with Gasteiger partial charge in [-0.1, -0.05) is 48.6 Å². The molecular weight excluding hydrogens is 364 g/mol. The van der Waals surface area contributed by atoms with E-state index in [0.717, 1.165) is 31.2 Å². The number of carbonyl (C=O) groups is 2. The summed E-state index contributed by atoms with van der Waals surface area (Å²) in [5.41, 5.74) is 0.482. The van der Waals surface area contributed by atoms with Crippen LogP contribution in [0.15, 0.2) is 54.6 Å². The van der Waals surface area contributed by atoms with E-state index >= 15 is 0 Å². The zero-order chi connectivity index (χ0) is 20.9. The number of benzene rings is 1. The third-order valence-electron chi connectivity index (χ3n) is 6.40. The molecule has 1 aromatic rings. The van der Waals surface area contributed by atoms with Crippen LogP contribution in [0.2, 0.25) is 0 Å². The van der Waals surface area contributed by atoms with Crippen molar-refractivity contribution < 1.29 is 19.4 Å². The minimum Gasteiger partial charge on any atom is -0.481 e. The first kappa shape index (κ1) is 21.5. The number of aliphatic carboxylic acids is 1. The van der Waals surface area contributed by atoms with E-state index in [-0.39, 0.29) is 30.3 Å². The van der Waals surface area contributed by atoms with E-state index in [9.17, 15) is 9.59 Å². The van der Waals surface area contributed by atoms with E-state index in [1.807, 2.05) is 44.2 Å². The first-order valence-corrected chi connectivity index (χ1v) is 10.7. The van der Waals surface area contributed by atoms with Gasteiger partial charge in [0.2, 0.25) is 0 Å². The molecule has 2 aliphatic rings. The molecule has 0 saturated carbocycles. The molecule has 156 valence electrons. The van der Waals surface area contributed by atoms with Gasteiger partial charge in [-0.3, -0.25) is 9.59 Å². The van der Waals surface area contributed by atoms with Crippen LogP contribution >= 0.6 is 0 Å². The second-order valence-corrected chi connectivity index (χ2v) is 8.74. The largest absolute Gasteiger partial charge is 0.481 e. The number of carbonyl (C=O) groups excluding carboxylic acids is 1. The van der Waals surface area contributed by atoms with Crippen molar-refractivity contribution in [3.8, 4) is 0 Å². The molecule has 0 radical (unpaired) electrons. The fourth-order valence-corrected chi connectivity index (χ4v) is 4.53. The van der Waals surface area contributed by atoms with Gasteiger partial charge in [-0.25, -0.2) is 0 Å². The summed E-state index contributed by atoms with van der Waals surface area (Å²) in [5, 5.41) is 8.71. The summed E-state index contributed by atoms with van der Waals surface area (Å²) in [4.78, 5) is 23.5. The van der Waals surface area contributed by atoms with Crippen LogP contribution in [-0.2, 0) is 19.7 Å². The molecule has 2 heterocycles. The van der Waals surface area contributed by atoms with Gasteiger partial charge in [0.05, 0.1) is 17.6 Å². The number of hydrogen-bond donors (Lipinski definition) is 1. The Morgan fingerprint density at radius 1 is 1.14 bits per heavy atom. The zero-order valence-electron chi connectivity index (χ0n) is 17.4. The van der Waals surface area contributed by atoms with Gasteiger partial charge in [-0.2, -0.15) is 0 Å². The predicted octanol–water partition coefficient (Wildman–Crippen LogP) is 5.08. The Labute approximate surface area is 173 Å². The Balaban J connectivity index is 1.60. The van der Waals surface area contributed by atoms with Crippen molar-refractivity contribution >= 4 is 11.8 Å². The lowest BCUT2D eigenvalue weighted by atomic mass is 9.76. The van der Waals surface area contributed by atoms with E-state index in [0.29, 0.717) is 12.3 Å². The van der Waals surface area contributed by atoms with Crippen molar-refractivity contribution in [2.45, 2.75) is 70.0 Å². The zero-order valence-corrected chi connectivity index (χ0v) is 17.4. The Kier molecular flexibility index (Phi) is 7.07. The van der Waals surface area contributed by atoms with E-state index in [1.54, 1.807) is 6.08 Å². The molecule has 0 aliphatic carbocycles. The van der Waals surface area contributed by atoms with E-state index < -0.39 is 11.4 Å². The summed E-state index contributed by atoms with van der Waals surface area (Å²) < 4.78 is 6.14. The molecule has 2 saturated heterocycles. The first-order valence-electron chi connectivity index (χ1n) is 10.7. The quantitative estimate of drug-likeness (QED) is 0.340.